The van der Waals surface area contributed by atoms with Crippen molar-refractivity contribution in [2.75, 3.05) is 25.1 Å². The van der Waals surface area contributed by atoms with E-state index >= 15 is 0 Å². The standard InChI is InChI=1S/C57H88N14O15S/c1-30(2)45(70-57(86)47(33(6)72)71-56(85)46(31(3)4)69-52(81)37(20-14-15-24-58)64-49(78)36(59)23-25-87-7)55(84)63-32(5)48(77)66-40(27-35-18-12-9-13-19-35)53(82)68-41(28-43(61)74)54(83)65-38(21-22-42(60)73)51(80)67-39(50(79)62-29-44(75)76)26-34-16-10-8-11-17-34/h8-13,16-19,30-33,36-41,45-47,72H,14-15,20-29,58-59H2,1-7H3,(H2,60,73)(H2,61,74)(H,62,79)(H,63,84)(H,64,78)(H,65,83)(H,66,77)(H,67,80)(H,68,82)(H,69,81)(H,70,86)(H,71,85)(H,75,76)/t32-,33+,36-,37-,38-,39-,40-,41-,45-,46-,47-/m0/s1. The van der Waals surface area contributed by atoms with Crippen molar-refractivity contribution in [2.24, 2.45) is 34.8 Å². The summed E-state index contributed by atoms with van der Waals surface area (Å²) in [4.78, 5) is 173. The molecule has 0 aromatic heterocycles. The minimum absolute atomic E-state index is 0.144. The zero-order valence-electron chi connectivity index (χ0n) is 50.2. The van der Waals surface area contributed by atoms with Gasteiger partial charge in [0.25, 0.3) is 0 Å². The monoisotopic (exact) mass is 1240 g/mol. The second-order valence-corrected chi connectivity index (χ2v) is 22.5. The molecular weight excluding hydrogens is 1150 g/mol. The highest BCUT2D eigenvalue weighted by molar-refractivity contribution is 7.98. The summed E-state index contributed by atoms with van der Waals surface area (Å²) in [7, 11) is 0. The Morgan fingerprint density at radius 1 is 0.483 bits per heavy atom. The number of rotatable bonds is 40. The Bertz CT molecular complexity index is 2650. The summed E-state index contributed by atoms with van der Waals surface area (Å²) in [5, 5.41) is 44.7. The zero-order valence-corrected chi connectivity index (χ0v) is 51.0. The molecule has 0 saturated heterocycles. The fourth-order valence-electron chi connectivity index (χ4n) is 8.48. The van der Waals surface area contributed by atoms with Gasteiger partial charge >= 0.3 is 5.97 Å². The van der Waals surface area contributed by atoms with E-state index in [1.807, 2.05) is 6.26 Å². The number of unbranched alkanes of at least 4 members (excludes halogenated alkanes) is 1. The van der Waals surface area contributed by atoms with Crippen molar-refractivity contribution in [2.45, 2.75) is 166 Å². The number of amides is 12. The molecule has 0 aliphatic heterocycles. The Morgan fingerprint density at radius 2 is 0.908 bits per heavy atom. The second kappa shape index (κ2) is 38.7. The van der Waals surface area contributed by atoms with Gasteiger partial charge in [0.05, 0.1) is 18.6 Å². The third-order valence-corrected chi connectivity index (χ3v) is 14.1. The van der Waals surface area contributed by atoms with Crippen LogP contribution in [0.3, 0.4) is 0 Å². The number of carboxylic acid groups (broad SMARTS) is 1. The van der Waals surface area contributed by atoms with E-state index in [-0.39, 0.29) is 19.3 Å². The van der Waals surface area contributed by atoms with Crippen LogP contribution in [0.4, 0.5) is 0 Å². The first-order valence-corrected chi connectivity index (χ1v) is 29.9. The lowest BCUT2D eigenvalue weighted by Gasteiger charge is -2.30. The number of hydrogen-bond acceptors (Lipinski definition) is 17. The van der Waals surface area contributed by atoms with E-state index in [1.54, 1.807) is 88.4 Å². The SMILES string of the molecule is CSCC[C@H](N)C(=O)N[C@@H](CCCCN)C(=O)N[C@H](C(=O)N[C@H](C(=O)N[C@H](C(=O)N[C@@H](C)C(=O)N[C@@H](Cc1ccccc1)C(=O)N[C@@H](CC(N)=O)C(=O)N[C@@H](CCC(N)=O)C(=O)N[C@@H](Cc1ccccc1)C(=O)NCC(=O)O)C(C)C)[C@@H](C)O)C(C)C. The maximum Gasteiger partial charge on any atom is 0.322 e. The molecule has 0 radical (unpaired) electrons. The van der Waals surface area contributed by atoms with E-state index < -0.39 is 181 Å². The number of aliphatic carboxylic acids is 1. The number of carbonyl (C=O) groups is 13. The normalized spacial score (nSPS) is 14.9. The van der Waals surface area contributed by atoms with Crippen molar-refractivity contribution in [3.8, 4) is 0 Å². The number of nitrogens with one attached hydrogen (secondary N) is 10. The quantitative estimate of drug-likeness (QED) is 0.0284. The topological polar surface area (TPSA) is 487 Å². The first kappa shape index (κ1) is 74.9. The van der Waals surface area contributed by atoms with Crippen molar-refractivity contribution >= 4 is 88.6 Å². The molecule has 2 aromatic carbocycles. The maximum atomic E-state index is 14.3. The van der Waals surface area contributed by atoms with Gasteiger partial charge in [-0.15, -0.1) is 0 Å². The summed E-state index contributed by atoms with van der Waals surface area (Å²) in [5.41, 5.74) is 23.7. The van der Waals surface area contributed by atoms with E-state index in [1.165, 1.54) is 25.6 Å². The van der Waals surface area contributed by atoms with Crippen LogP contribution in [0.15, 0.2) is 60.7 Å². The highest BCUT2D eigenvalue weighted by atomic mass is 32.2. The summed E-state index contributed by atoms with van der Waals surface area (Å²) in [6.07, 6.45) is -0.363. The Hall–Kier alpha value is -8.22. The van der Waals surface area contributed by atoms with Crippen LogP contribution in [0.25, 0.3) is 0 Å². The Labute approximate surface area is 510 Å². The summed E-state index contributed by atoms with van der Waals surface area (Å²) in [5.74, 6) is -13.3. The number of carboxylic acids is 1. The van der Waals surface area contributed by atoms with Crippen LogP contribution in [0.2, 0.25) is 0 Å². The van der Waals surface area contributed by atoms with E-state index in [0.29, 0.717) is 42.7 Å². The Kier molecular flexibility index (Phi) is 33.4. The number of aliphatic hydroxyl groups excluding tert-OH is 1. The maximum absolute atomic E-state index is 14.3. The Morgan fingerprint density at radius 3 is 1.40 bits per heavy atom. The lowest BCUT2D eigenvalue weighted by atomic mass is 9.99. The molecule has 87 heavy (non-hydrogen) atoms. The van der Waals surface area contributed by atoms with Crippen molar-refractivity contribution in [3.63, 3.8) is 0 Å². The first-order chi connectivity index (χ1) is 41.0. The van der Waals surface area contributed by atoms with E-state index in [2.05, 4.69) is 53.2 Å². The lowest BCUT2D eigenvalue weighted by molar-refractivity contribution is -0.138. The molecule has 12 amide bonds. The van der Waals surface area contributed by atoms with Gasteiger partial charge < -0.3 is 86.3 Å². The van der Waals surface area contributed by atoms with Crippen molar-refractivity contribution < 1.29 is 72.5 Å². The molecule has 2 aromatic rings. The molecule has 11 atom stereocenters. The van der Waals surface area contributed by atoms with Crippen LogP contribution >= 0.6 is 11.8 Å². The highest BCUT2D eigenvalue weighted by Crippen LogP contribution is 2.13. The number of carbonyl (C=O) groups excluding carboxylic acids is 12. The predicted molar refractivity (Wildman–Crippen MR) is 321 cm³/mol. The molecule has 30 heteroatoms. The second-order valence-electron chi connectivity index (χ2n) is 21.6. The van der Waals surface area contributed by atoms with Crippen LogP contribution in [-0.2, 0) is 75.2 Å². The van der Waals surface area contributed by atoms with Crippen LogP contribution < -0.4 is 76.1 Å². The highest BCUT2D eigenvalue weighted by Gasteiger charge is 2.38. The number of benzene rings is 2. The van der Waals surface area contributed by atoms with Gasteiger partial charge in [0.2, 0.25) is 70.9 Å². The van der Waals surface area contributed by atoms with Crippen molar-refractivity contribution in [1.82, 2.24) is 53.2 Å². The third-order valence-electron chi connectivity index (χ3n) is 13.5. The van der Waals surface area contributed by atoms with Gasteiger partial charge in [0, 0.05) is 19.3 Å². The smallest absolute Gasteiger partial charge is 0.322 e. The molecule has 0 heterocycles. The van der Waals surface area contributed by atoms with Gasteiger partial charge in [0.15, 0.2) is 0 Å². The van der Waals surface area contributed by atoms with E-state index in [4.69, 9.17) is 28.0 Å². The van der Waals surface area contributed by atoms with Gasteiger partial charge in [0.1, 0.15) is 60.9 Å². The minimum atomic E-state index is -1.84. The largest absolute Gasteiger partial charge is 0.480 e. The number of thioether (sulfide) groups is 1. The first-order valence-electron chi connectivity index (χ1n) is 28.5. The molecule has 0 saturated carbocycles. The number of primary amides is 2. The number of aliphatic hydroxyl groups is 1. The molecule has 0 spiro atoms. The summed E-state index contributed by atoms with van der Waals surface area (Å²) >= 11 is 1.50. The molecule has 0 unspecified atom stereocenters. The van der Waals surface area contributed by atoms with Crippen LogP contribution in [0.5, 0.6) is 0 Å². The molecule has 0 aliphatic carbocycles. The van der Waals surface area contributed by atoms with Crippen LogP contribution in [-0.4, -0.2) is 179 Å². The van der Waals surface area contributed by atoms with Crippen molar-refractivity contribution in [3.05, 3.63) is 71.8 Å². The third kappa shape index (κ3) is 27.8. The molecule has 29 nitrogen and oxygen atoms in total. The average Bonchev–Trinajstić information content (AvgIpc) is 2.64. The fraction of sp³-hybridized carbons (Fsp3) is 0.561. The van der Waals surface area contributed by atoms with E-state index in [9.17, 15) is 67.4 Å². The molecule has 482 valence electrons. The lowest BCUT2D eigenvalue weighted by Crippen LogP contribution is -2.63. The van der Waals surface area contributed by atoms with E-state index in [0.717, 1.165) is 0 Å². The minimum Gasteiger partial charge on any atom is -0.480 e. The van der Waals surface area contributed by atoms with Gasteiger partial charge in [-0.3, -0.25) is 62.3 Å². The molecular formula is C57H88N14O15S. The number of nitrogens with two attached hydrogens (primary N) is 4. The fourth-order valence-corrected chi connectivity index (χ4v) is 8.97. The average molecular weight is 1240 g/mol. The summed E-state index contributed by atoms with van der Waals surface area (Å²) in [6, 6.07) is 2.19. The summed E-state index contributed by atoms with van der Waals surface area (Å²) < 4.78 is 0. The zero-order chi connectivity index (χ0) is 65.5. The van der Waals surface area contributed by atoms with Crippen molar-refractivity contribution in [1.29, 1.82) is 0 Å². The predicted octanol–water partition coefficient (Wildman–Crippen LogP) is -3.90. The molecule has 2 rings (SSSR count). The molecule has 20 N–H and O–H groups in total. The van der Waals surface area contributed by atoms with Gasteiger partial charge in [-0.05, 0) is 87.5 Å². The Balaban J connectivity index is 2.36. The molecule has 0 aliphatic rings. The van der Waals surface area contributed by atoms with Gasteiger partial charge in [-0.1, -0.05) is 88.4 Å². The van der Waals surface area contributed by atoms with Gasteiger partial charge in [-0.2, -0.15) is 11.8 Å². The molecule has 0 bridgehead atoms. The van der Waals surface area contributed by atoms with Gasteiger partial charge in [-0.25, -0.2) is 0 Å². The molecule has 0 fully saturated rings. The van der Waals surface area contributed by atoms with Crippen LogP contribution in [0.1, 0.15) is 97.6 Å². The summed E-state index contributed by atoms with van der Waals surface area (Å²) in [6.45, 7) is 8.37. The van der Waals surface area contributed by atoms with Crippen LogP contribution in [0, 0.1) is 11.8 Å². The number of hydrogen-bond donors (Lipinski definition) is 16.